The highest BCUT2D eigenvalue weighted by atomic mass is 28.4. The van der Waals surface area contributed by atoms with E-state index in [0.717, 1.165) is 66.1 Å². The zero-order valence-electron chi connectivity index (χ0n) is 27.8. The molecule has 4 aromatic carbocycles. The highest BCUT2D eigenvalue weighted by molar-refractivity contribution is 6.66. The first kappa shape index (κ1) is 28.4. The summed E-state index contributed by atoms with van der Waals surface area (Å²) in [7, 11) is -0.514. The van der Waals surface area contributed by atoms with E-state index < -0.39 is 8.88 Å². The zero-order valence-corrected chi connectivity index (χ0v) is 28.8. The summed E-state index contributed by atoms with van der Waals surface area (Å²) in [5.74, 6) is 3.57. The highest BCUT2D eigenvalue weighted by Gasteiger charge is 2.51. The van der Waals surface area contributed by atoms with E-state index in [-0.39, 0.29) is 0 Å². The Hall–Kier alpha value is -5.62. The number of rotatable bonds is 2. The molecule has 6 aromatic rings. The minimum Gasteiger partial charge on any atom is -0.364 e. The molecule has 0 radical (unpaired) electrons. The third-order valence-electron chi connectivity index (χ3n) is 9.84. The van der Waals surface area contributed by atoms with Gasteiger partial charge in [0.05, 0.1) is 0 Å². The molecular formula is C38H30N8O2Si. The molecule has 0 fully saturated rings. The monoisotopic (exact) mass is 658 g/mol. The van der Waals surface area contributed by atoms with Gasteiger partial charge in [0.15, 0.2) is 23.3 Å². The normalized spacial score (nSPS) is 19.8. The third kappa shape index (κ3) is 3.71. The molecule has 238 valence electrons. The largest absolute Gasteiger partial charge is 0.602 e. The number of benzene rings is 4. The Kier molecular flexibility index (Phi) is 5.63. The van der Waals surface area contributed by atoms with Crippen LogP contribution in [0.15, 0.2) is 103 Å². The Morgan fingerprint density at radius 3 is 1.49 bits per heavy atom. The molecule has 6 bridgehead atoms. The van der Waals surface area contributed by atoms with Crippen LogP contribution in [0.4, 0.5) is 11.6 Å². The fourth-order valence-electron chi connectivity index (χ4n) is 7.54. The molecular weight excluding hydrogens is 629 g/mol. The number of nitrogens with zero attached hydrogens (tertiary/aromatic N) is 8. The maximum Gasteiger partial charge on any atom is 0.602 e. The van der Waals surface area contributed by atoms with Crippen molar-refractivity contribution in [3.05, 3.63) is 128 Å². The summed E-state index contributed by atoms with van der Waals surface area (Å²) in [5, 5.41) is 3.62. The molecule has 2 aromatic heterocycles. The molecule has 4 aliphatic heterocycles. The van der Waals surface area contributed by atoms with Crippen LogP contribution in [0.3, 0.4) is 0 Å². The van der Waals surface area contributed by atoms with Gasteiger partial charge in [-0.25, -0.2) is 30.0 Å². The van der Waals surface area contributed by atoms with Crippen LogP contribution in [0, 0.1) is 27.7 Å². The highest BCUT2D eigenvalue weighted by Crippen LogP contribution is 2.43. The molecule has 0 amide bonds. The fraction of sp³-hybridized carbons (Fsp3) is 0.158. The molecule has 0 saturated carbocycles. The molecule has 0 spiro atoms. The molecule has 0 unspecified atom stereocenters. The molecule has 0 saturated heterocycles. The van der Waals surface area contributed by atoms with Crippen molar-refractivity contribution in [3.63, 3.8) is 0 Å². The van der Waals surface area contributed by atoms with Crippen LogP contribution < -0.4 is 11.0 Å². The summed E-state index contributed by atoms with van der Waals surface area (Å²) >= 11 is 0. The van der Waals surface area contributed by atoms with E-state index in [1.165, 1.54) is 0 Å². The molecule has 10 nitrogen and oxygen atoms in total. The topological polar surface area (TPSA) is 102 Å². The second-order valence-electron chi connectivity index (χ2n) is 13.1. The van der Waals surface area contributed by atoms with Gasteiger partial charge in [-0.3, -0.25) is 8.47 Å². The minimum absolute atomic E-state index is 0.574. The first-order valence-electron chi connectivity index (χ1n) is 16.2. The molecule has 11 heteroatoms. The van der Waals surface area contributed by atoms with E-state index in [4.69, 9.17) is 38.8 Å². The van der Waals surface area contributed by atoms with Crippen molar-refractivity contribution in [1.29, 1.82) is 0 Å². The summed E-state index contributed by atoms with van der Waals surface area (Å²) in [6, 6.07) is 25.3. The fourth-order valence-corrected chi connectivity index (χ4v) is 10.4. The zero-order chi connectivity index (χ0) is 33.3. The van der Waals surface area contributed by atoms with Gasteiger partial charge < -0.3 is 8.85 Å². The lowest BCUT2D eigenvalue weighted by Crippen LogP contribution is -2.62. The number of aliphatic imine (C=N–C) groups is 4. The summed E-state index contributed by atoms with van der Waals surface area (Å²) in [5.41, 5.74) is 9.34. The van der Waals surface area contributed by atoms with Crippen molar-refractivity contribution < 1.29 is 8.85 Å². The van der Waals surface area contributed by atoms with Crippen molar-refractivity contribution in [2.45, 2.75) is 27.7 Å². The summed E-state index contributed by atoms with van der Waals surface area (Å²) in [4.78, 5) is 31.8. The average Bonchev–Trinajstić information content (AvgIpc) is 3.78. The van der Waals surface area contributed by atoms with Crippen molar-refractivity contribution in [3.8, 4) is 0 Å². The first-order chi connectivity index (χ1) is 23.8. The van der Waals surface area contributed by atoms with E-state index in [2.05, 4.69) is 109 Å². The van der Waals surface area contributed by atoms with Crippen molar-refractivity contribution in [2.24, 2.45) is 30.0 Å². The van der Waals surface area contributed by atoms with Crippen LogP contribution >= 0.6 is 0 Å². The second kappa shape index (κ2) is 9.72. The van der Waals surface area contributed by atoms with E-state index >= 15 is 0 Å². The molecule has 4 aliphatic rings. The van der Waals surface area contributed by atoms with Gasteiger partial charge >= 0.3 is 8.88 Å². The van der Waals surface area contributed by atoms with Crippen LogP contribution in [0.1, 0.15) is 44.5 Å². The Labute approximate surface area is 282 Å². The number of aromatic nitrogens is 2. The molecule has 0 N–H and O–H groups in total. The van der Waals surface area contributed by atoms with Crippen molar-refractivity contribution in [1.82, 2.24) is 8.47 Å². The SMILES string of the molecule is CO[Si]1(OC)n2c3c4cc(C)ccc4c2/N=C2N=C(/N=c4/c5cc(C)ccc5/c(n41)=N/C1=NC(=N\3)/c3ccc(C)cc31)c1ccc(C)cc1\2. The smallest absolute Gasteiger partial charge is 0.364 e. The molecule has 10 rings (SSSR count). The van der Waals surface area contributed by atoms with Gasteiger partial charge in [0.1, 0.15) is 22.6 Å². The van der Waals surface area contributed by atoms with Gasteiger partial charge in [-0.05, 0) is 52.0 Å². The van der Waals surface area contributed by atoms with Gasteiger partial charge in [-0.1, -0.05) is 70.8 Å². The predicted molar refractivity (Wildman–Crippen MR) is 194 cm³/mol. The third-order valence-corrected chi connectivity index (χ3v) is 12.9. The summed E-state index contributed by atoms with van der Waals surface area (Å²) in [6.45, 7) is 8.32. The molecule has 6 heterocycles. The Bertz CT molecular complexity index is 2800. The first-order valence-corrected chi connectivity index (χ1v) is 17.9. The van der Waals surface area contributed by atoms with Gasteiger partial charge in [-0.2, -0.15) is 0 Å². The maximum absolute atomic E-state index is 6.76. The van der Waals surface area contributed by atoms with E-state index in [0.29, 0.717) is 46.0 Å². The second-order valence-corrected chi connectivity index (χ2v) is 15.9. The van der Waals surface area contributed by atoms with Crippen LogP contribution in [0.2, 0.25) is 0 Å². The standard InChI is InChI=1S/C38H30N8O2Si/c1-19-7-11-23-27(15-19)33-39-31(23)41-37-30-18-22(4)10-14-26(30)36-44-34-28-16-20(2)8-12-24(28)32(40-34)42-38-29-17-21(3)9-13-25(29)35(43-33)45(38)49(47-5,48-6)46(36)37/h7-18H,1-6H3/b41-31-,41-37?,42-32?,42-38-,43-33?,43-35-,44-34-,44-36?. The van der Waals surface area contributed by atoms with Gasteiger partial charge in [0.25, 0.3) is 0 Å². The number of hydrogen-bond acceptors (Lipinski definition) is 8. The maximum atomic E-state index is 6.76. The minimum atomic E-state index is -3.89. The lowest BCUT2D eigenvalue weighted by molar-refractivity contribution is 0.217. The average molecular weight is 659 g/mol. The molecule has 49 heavy (non-hydrogen) atoms. The number of aryl methyl sites for hydroxylation is 4. The van der Waals surface area contributed by atoms with Crippen LogP contribution in [0.5, 0.6) is 0 Å². The van der Waals surface area contributed by atoms with Gasteiger partial charge in [-0.15, -0.1) is 0 Å². The van der Waals surface area contributed by atoms with Crippen LogP contribution in [-0.4, -0.2) is 54.9 Å². The van der Waals surface area contributed by atoms with Gasteiger partial charge in [0, 0.05) is 58.0 Å². The van der Waals surface area contributed by atoms with Crippen molar-refractivity contribution in [2.75, 3.05) is 14.2 Å². The van der Waals surface area contributed by atoms with E-state index in [9.17, 15) is 0 Å². The van der Waals surface area contributed by atoms with E-state index in [1.54, 1.807) is 14.2 Å². The Balaban J connectivity index is 1.54. The van der Waals surface area contributed by atoms with Crippen LogP contribution in [-0.2, 0) is 8.85 Å². The quantitative estimate of drug-likeness (QED) is 0.217. The van der Waals surface area contributed by atoms with Crippen molar-refractivity contribution >= 4 is 65.4 Å². The lowest BCUT2D eigenvalue weighted by Gasteiger charge is -2.30. The molecule has 0 atom stereocenters. The number of fused-ring (bicyclic) bond motifs is 14. The van der Waals surface area contributed by atoms with E-state index in [1.807, 2.05) is 0 Å². The summed E-state index contributed by atoms with van der Waals surface area (Å²) < 4.78 is 17.6. The Morgan fingerprint density at radius 2 is 0.878 bits per heavy atom. The summed E-state index contributed by atoms with van der Waals surface area (Å²) in [6.07, 6.45) is 0. The predicted octanol–water partition coefficient (Wildman–Crippen LogP) is 5.90. The lowest BCUT2D eigenvalue weighted by atomic mass is 10.0. The number of amidine groups is 4. The Morgan fingerprint density at radius 1 is 0.429 bits per heavy atom. The molecule has 0 aliphatic carbocycles. The number of hydrogen-bond donors (Lipinski definition) is 0. The van der Waals surface area contributed by atoms with Crippen LogP contribution in [0.25, 0.3) is 21.5 Å². The van der Waals surface area contributed by atoms with Gasteiger partial charge in [0.2, 0.25) is 0 Å².